The topological polar surface area (TPSA) is 34.2 Å². The van der Waals surface area contributed by atoms with Gasteiger partial charge in [-0.15, -0.1) is 0 Å². The molecule has 0 atom stereocenters. The third-order valence-corrected chi connectivity index (χ3v) is 9.88. The molecule has 0 saturated heterocycles. The van der Waals surface area contributed by atoms with Crippen molar-refractivity contribution in [2.24, 2.45) is 0 Å². The SMILES string of the molecule is c1ccc(N(c2ccc(-c3cncc4c3oc3ccccc34)cc2)c2cccc(-c3ccc(-n4c5ccccc5c5ccccc54)cc3)c2)cc1. The monoisotopic (exact) mass is 653 g/mol. The van der Waals surface area contributed by atoms with Crippen LogP contribution < -0.4 is 4.90 Å². The molecular weight excluding hydrogens is 623 g/mol. The molecule has 4 heteroatoms. The maximum Gasteiger partial charge on any atom is 0.146 e. The van der Waals surface area contributed by atoms with Gasteiger partial charge >= 0.3 is 0 Å². The summed E-state index contributed by atoms with van der Waals surface area (Å²) >= 11 is 0. The molecule has 0 fully saturated rings. The van der Waals surface area contributed by atoms with E-state index in [1.165, 1.54) is 21.8 Å². The van der Waals surface area contributed by atoms with E-state index in [1.807, 2.05) is 30.6 Å². The second-order valence-electron chi connectivity index (χ2n) is 12.8. The van der Waals surface area contributed by atoms with E-state index in [0.717, 1.165) is 66.9 Å². The Morgan fingerprint density at radius 3 is 1.78 bits per heavy atom. The molecule has 0 radical (unpaired) electrons. The Bertz CT molecular complexity index is 2800. The zero-order valence-electron chi connectivity index (χ0n) is 27.6. The fourth-order valence-corrected chi connectivity index (χ4v) is 7.49. The van der Waals surface area contributed by atoms with E-state index >= 15 is 0 Å². The first-order valence-corrected chi connectivity index (χ1v) is 17.2. The second kappa shape index (κ2) is 11.9. The lowest BCUT2D eigenvalue weighted by molar-refractivity contribution is 0.669. The Balaban J connectivity index is 1.02. The van der Waals surface area contributed by atoms with Gasteiger partial charge in [0.05, 0.1) is 11.0 Å². The summed E-state index contributed by atoms with van der Waals surface area (Å²) in [6.45, 7) is 0. The van der Waals surface area contributed by atoms with Crippen LogP contribution in [0.2, 0.25) is 0 Å². The normalized spacial score (nSPS) is 11.5. The molecule has 0 aliphatic heterocycles. The van der Waals surface area contributed by atoms with Crippen molar-refractivity contribution in [3.05, 3.63) is 188 Å². The molecule has 0 bridgehead atoms. The lowest BCUT2D eigenvalue weighted by Crippen LogP contribution is -2.09. The van der Waals surface area contributed by atoms with E-state index in [1.54, 1.807) is 0 Å². The molecule has 10 rings (SSSR count). The van der Waals surface area contributed by atoms with Gasteiger partial charge in [-0.3, -0.25) is 4.98 Å². The molecule has 7 aromatic carbocycles. The summed E-state index contributed by atoms with van der Waals surface area (Å²) in [6.07, 6.45) is 3.78. The molecule has 240 valence electrons. The Labute approximate surface area is 295 Å². The van der Waals surface area contributed by atoms with Crippen LogP contribution in [0.25, 0.3) is 71.7 Å². The zero-order chi connectivity index (χ0) is 33.7. The van der Waals surface area contributed by atoms with Gasteiger partial charge in [-0.2, -0.15) is 0 Å². The van der Waals surface area contributed by atoms with Crippen molar-refractivity contribution in [3.63, 3.8) is 0 Å². The second-order valence-corrected chi connectivity index (χ2v) is 12.8. The number of fused-ring (bicyclic) bond motifs is 6. The number of anilines is 3. The Kier molecular flexibility index (Phi) is 6.78. The van der Waals surface area contributed by atoms with Gasteiger partial charge in [-0.1, -0.05) is 109 Å². The van der Waals surface area contributed by atoms with Crippen molar-refractivity contribution in [2.45, 2.75) is 0 Å². The number of furan rings is 1. The van der Waals surface area contributed by atoms with Gasteiger partial charge in [0.15, 0.2) is 0 Å². The fourth-order valence-electron chi connectivity index (χ4n) is 7.49. The van der Waals surface area contributed by atoms with E-state index in [2.05, 4.69) is 172 Å². The maximum absolute atomic E-state index is 6.32. The first-order valence-electron chi connectivity index (χ1n) is 17.2. The fraction of sp³-hybridized carbons (Fsp3) is 0. The van der Waals surface area contributed by atoms with E-state index < -0.39 is 0 Å². The van der Waals surface area contributed by atoms with Crippen LogP contribution in [-0.4, -0.2) is 9.55 Å². The zero-order valence-corrected chi connectivity index (χ0v) is 27.6. The molecule has 0 saturated carbocycles. The van der Waals surface area contributed by atoms with Crippen LogP contribution in [0, 0.1) is 0 Å². The molecule has 0 aliphatic carbocycles. The highest BCUT2D eigenvalue weighted by Gasteiger charge is 2.17. The summed E-state index contributed by atoms with van der Waals surface area (Å²) in [5, 5.41) is 4.64. The van der Waals surface area contributed by atoms with Gasteiger partial charge in [0.2, 0.25) is 0 Å². The number of para-hydroxylation sites is 4. The number of rotatable bonds is 6. The number of hydrogen-bond acceptors (Lipinski definition) is 3. The summed E-state index contributed by atoms with van der Waals surface area (Å²) in [7, 11) is 0. The van der Waals surface area contributed by atoms with Gasteiger partial charge in [0, 0.05) is 62.3 Å². The minimum atomic E-state index is 0.857. The van der Waals surface area contributed by atoms with E-state index in [4.69, 9.17) is 4.42 Å². The Morgan fingerprint density at radius 1 is 0.431 bits per heavy atom. The highest BCUT2D eigenvalue weighted by molar-refractivity contribution is 6.10. The maximum atomic E-state index is 6.32. The predicted molar refractivity (Wildman–Crippen MR) is 211 cm³/mol. The first kappa shape index (κ1) is 29.0. The van der Waals surface area contributed by atoms with E-state index in [-0.39, 0.29) is 0 Å². The van der Waals surface area contributed by atoms with Crippen LogP contribution in [0.1, 0.15) is 0 Å². The van der Waals surface area contributed by atoms with Crippen molar-refractivity contribution in [1.29, 1.82) is 0 Å². The summed E-state index contributed by atoms with van der Waals surface area (Å²) in [6, 6.07) is 62.3. The number of hydrogen-bond donors (Lipinski definition) is 0. The van der Waals surface area contributed by atoms with Crippen molar-refractivity contribution in [2.75, 3.05) is 4.90 Å². The molecule has 10 aromatic rings. The van der Waals surface area contributed by atoms with E-state index in [9.17, 15) is 0 Å². The molecule has 3 heterocycles. The molecule has 51 heavy (non-hydrogen) atoms. The third-order valence-electron chi connectivity index (χ3n) is 9.88. The Hall–Kier alpha value is -6.91. The van der Waals surface area contributed by atoms with Crippen LogP contribution in [0.4, 0.5) is 17.1 Å². The van der Waals surface area contributed by atoms with Crippen molar-refractivity contribution >= 4 is 60.8 Å². The number of pyridine rings is 1. The minimum Gasteiger partial charge on any atom is -0.455 e. The first-order chi connectivity index (χ1) is 25.3. The lowest BCUT2D eigenvalue weighted by Gasteiger charge is -2.26. The quantitative estimate of drug-likeness (QED) is 0.179. The van der Waals surface area contributed by atoms with Crippen molar-refractivity contribution in [3.8, 4) is 27.9 Å². The molecule has 0 unspecified atom stereocenters. The van der Waals surface area contributed by atoms with Crippen LogP contribution in [0.15, 0.2) is 193 Å². The minimum absolute atomic E-state index is 0.857. The van der Waals surface area contributed by atoms with Crippen LogP contribution in [0.3, 0.4) is 0 Å². The summed E-state index contributed by atoms with van der Waals surface area (Å²) in [5.41, 5.74) is 12.9. The molecule has 4 nitrogen and oxygen atoms in total. The predicted octanol–water partition coefficient (Wildman–Crippen LogP) is 12.9. The summed E-state index contributed by atoms with van der Waals surface area (Å²) in [5.74, 6) is 0. The molecule has 0 spiro atoms. The van der Waals surface area contributed by atoms with Crippen LogP contribution in [0.5, 0.6) is 0 Å². The Morgan fingerprint density at radius 2 is 1.04 bits per heavy atom. The van der Waals surface area contributed by atoms with Gasteiger partial charge < -0.3 is 13.9 Å². The van der Waals surface area contributed by atoms with Crippen molar-refractivity contribution in [1.82, 2.24) is 9.55 Å². The molecular formula is C47H31N3O. The largest absolute Gasteiger partial charge is 0.455 e. The van der Waals surface area contributed by atoms with E-state index in [0.29, 0.717) is 0 Å². The van der Waals surface area contributed by atoms with Gasteiger partial charge in [0.1, 0.15) is 11.2 Å². The molecule has 0 amide bonds. The van der Waals surface area contributed by atoms with Crippen molar-refractivity contribution < 1.29 is 4.42 Å². The van der Waals surface area contributed by atoms with Crippen LogP contribution >= 0.6 is 0 Å². The molecule has 0 aliphatic rings. The average Bonchev–Trinajstić information content (AvgIpc) is 3.75. The van der Waals surface area contributed by atoms with Crippen LogP contribution in [-0.2, 0) is 0 Å². The molecule has 3 aromatic heterocycles. The third kappa shape index (κ3) is 4.88. The van der Waals surface area contributed by atoms with Gasteiger partial charge in [0.25, 0.3) is 0 Å². The van der Waals surface area contributed by atoms with Gasteiger partial charge in [-0.05, 0) is 83.4 Å². The highest BCUT2D eigenvalue weighted by atomic mass is 16.3. The molecule has 0 N–H and O–H groups in total. The highest BCUT2D eigenvalue weighted by Crippen LogP contribution is 2.40. The summed E-state index contributed by atoms with van der Waals surface area (Å²) in [4.78, 5) is 6.88. The standard InChI is InChI=1S/C47H31N3O/c1-2-12-35(13-3-1)49(36-27-23-33(24-28-36)42-30-48-31-43-41-17-6-9-20-46(41)51-47(42)43)38-14-10-11-34(29-38)32-21-25-37(26-22-32)50-44-18-7-4-15-39(44)40-16-5-8-19-45(40)50/h1-31H. The lowest BCUT2D eigenvalue weighted by atomic mass is 10.0. The number of aromatic nitrogens is 2. The number of benzene rings is 7. The number of nitrogens with zero attached hydrogens (tertiary/aromatic N) is 3. The average molecular weight is 654 g/mol. The smallest absolute Gasteiger partial charge is 0.146 e. The summed E-state index contributed by atoms with van der Waals surface area (Å²) < 4.78 is 8.68. The van der Waals surface area contributed by atoms with Gasteiger partial charge in [-0.25, -0.2) is 0 Å².